The molecule has 2 rings (SSSR count). The van der Waals surface area contributed by atoms with Gasteiger partial charge in [-0.05, 0) is 43.1 Å². The Kier molecular flexibility index (Phi) is 53.5. The van der Waals surface area contributed by atoms with Gasteiger partial charge < -0.3 is 231 Å². The molecule has 0 fully saturated rings. The van der Waals surface area contributed by atoms with Crippen LogP contribution in [-0.2, 0) is 231 Å². The fraction of sp³-hybridized carbons (Fsp3) is 0.294. The molecule has 0 aliphatic rings. The van der Waals surface area contributed by atoms with Crippen molar-refractivity contribution < 1.29 is 231 Å². The molecule has 0 bridgehead atoms. The summed E-state index contributed by atoms with van der Waals surface area (Å²) in [5.74, 6) is 0. The van der Waals surface area contributed by atoms with Gasteiger partial charge in [-0.25, -0.2) is 0 Å². The van der Waals surface area contributed by atoms with Gasteiger partial charge in [0, 0.05) is 0 Å². The topological polar surface area (TPSA) is 864 Å². The van der Waals surface area contributed by atoms with Gasteiger partial charge in [-0.2, -0.15) is 0 Å². The Balaban J connectivity index is 2.26. The maximum atomic E-state index is 15.0. The zero-order valence-corrected chi connectivity index (χ0v) is 117. The third-order valence-corrected chi connectivity index (χ3v) is 431. The summed E-state index contributed by atoms with van der Waals surface area (Å²) >= 11 is 0. The standard InChI is InChI=1S/C17H31O52Si55/c1-72(2)67-70-75(18)78(21)81(24)84(27)87(30)90(33)94(37)117(60)118(61)119(62)120(63)121(64)122(65)123(66)124(16-12-8-6-9-13-16,17-14-10-7-11-15-17)68-71-76(19)79(22)82(25)85(28)88(31)91(34)93(36)96(39)98(41)100(43)102(45)104(47)106(49)108(51)110(53)112(55)114(57)116(59)115(58)113(56)111(54)109(52)107(50)105(48)103(46)101(44)99(42)97(40)95(38)92(35)89(32)86(29)83(26)80(23)77(20)74(5)69-73(3)4/h6-15,72,74H,70-71H2,1-5H3. The van der Waals surface area contributed by atoms with E-state index in [1.165, 1.54) is 42.9 Å². The van der Waals surface area contributed by atoms with Gasteiger partial charge in [0.05, 0.1) is 0 Å². The van der Waals surface area contributed by atoms with E-state index in [-0.39, 0.29) is 10.4 Å². The molecule has 107 heteroatoms. The number of hydrogen-bond acceptors (Lipinski definition) is 52. The lowest BCUT2D eigenvalue weighted by Gasteiger charge is -2.29. The molecule has 0 aliphatic carbocycles. The molecule has 1 radical (unpaired) electrons. The molecular weight excluding hydrogens is 2580 g/mol. The third kappa shape index (κ3) is 31.0. The molecule has 0 amide bonds. The minimum absolute atomic E-state index is 0.243. The molecule has 1 unspecified atom stereocenters. The predicted molar refractivity (Wildman–Crippen MR) is 443 cm³/mol. The Morgan fingerprint density at radius 2 is 0.379 bits per heavy atom. The summed E-state index contributed by atoms with van der Waals surface area (Å²) in [6.45, 7) is 7.73. The minimum atomic E-state index is -5.09. The van der Waals surface area contributed by atoms with Crippen LogP contribution in [0, 0.1) is 0 Å². The van der Waals surface area contributed by atoms with Crippen molar-refractivity contribution in [2.45, 2.75) is 32.7 Å². The average molecular weight is 2610 g/mol. The maximum absolute atomic E-state index is 15.0. The van der Waals surface area contributed by atoms with E-state index in [4.69, 9.17) is 12.3 Å². The van der Waals surface area contributed by atoms with Crippen LogP contribution in [0.5, 0.6) is 0 Å². The molecule has 1 atom stereocenters. The molecule has 0 heterocycles. The average Bonchev–Trinajstić information content (AvgIpc) is 0.750. The highest BCUT2D eigenvalue weighted by Crippen LogP contribution is 2.11. The quantitative estimate of drug-likeness (QED) is 0.0555. The van der Waals surface area contributed by atoms with Crippen LogP contribution in [0.1, 0.15) is 0 Å². The lowest BCUT2D eigenvalue weighted by molar-refractivity contribution is 0.531. The molecule has 124 heavy (non-hydrogen) atoms. The zero-order chi connectivity index (χ0) is 96.3. The summed E-state index contributed by atoms with van der Waals surface area (Å²) in [7, 11) is -242. The fourth-order valence-electron chi connectivity index (χ4n) is 8.00. The van der Waals surface area contributed by atoms with E-state index in [1.807, 2.05) is 0 Å². The second kappa shape index (κ2) is 55.0. The molecule has 0 N–H and O–H groups in total. The molecule has 0 aliphatic heterocycles. The first-order chi connectivity index (χ1) is 57.1. The normalized spacial score (nSPS) is 10.9. The molecule has 0 saturated carbocycles. The molecule has 0 spiro atoms. The van der Waals surface area contributed by atoms with Crippen LogP contribution in [-0.4, -0.2) is 431 Å². The first kappa shape index (κ1) is 121. The summed E-state index contributed by atoms with van der Waals surface area (Å²) in [5.41, 5.74) is 0. The summed E-state index contributed by atoms with van der Waals surface area (Å²) in [6, 6.07) is 12.1. The van der Waals surface area contributed by atoms with Crippen LogP contribution in [0.2, 0.25) is 32.7 Å². The first-order valence-corrected chi connectivity index (χ1v) is 165. The second-order valence-electron chi connectivity index (χ2n) is 23.1. The van der Waals surface area contributed by atoms with Crippen molar-refractivity contribution >= 4 is 442 Å². The number of rotatable bonds is 59. The largest absolute Gasteiger partial charge is 0.460 e. The van der Waals surface area contributed by atoms with Crippen molar-refractivity contribution in [1.82, 2.24) is 0 Å². The van der Waals surface area contributed by atoms with Gasteiger partial charge in [0.2, 0.25) is 27.1 Å². The molecule has 0 aromatic heterocycles. The van der Waals surface area contributed by atoms with Crippen LogP contribution in [0.4, 0.5) is 0 Å². The lowest BCUT2D eigenvalue weighted by Crippen LogP contribution is -2.73. The molecule has 2 aromatic rings. The highest BCUT2D eigenvalue weighted by atomic mass is 30.2. The van der Waals surface area contributed by atoms with Crippen LogP contribution < -0.4 is 10.4 Å². The van der Waals surface area contributed by atoms with E-state index in [9.17, 15) is 219 Å². The zero-order valence-electron chi connectivity index (χ0n) is 61.1. The molecule has 2 aromatic carbocycles. The highest BCUT2D eigenvalue weighted by molar-refractivity contribution is 7.87. The van der Waals surface area contributed by atoms with Crippen LogP contribution >= 0.6 is 0 Å². The third-order valence-electron chi connectivity index (χ3n) is 14.2. The smallest absolute Gasteiger partial charge is 0.381 e. The number of hydrogen-bond donors (Lipinski definition) is 0. The van der Waals surface area contributed by atoms with Gasteiger partial charge in [-0.1, -0.05) is 60.7 Å². The van der Waals surface area contributed by atoms with Crippen molar-refractivity contribution in [1.29, 1.82) is 0 Å². The monoisotopic (exact) mass is 2610 g/mol. The Morgan fingerprint density at radius 1 is 0.218 bits per heavy atom. The van der Waals surface area contributed by atoms with Crippen LogP contribution in [0.25, 0.3) is 0 Å². The Labute approximate surface area is 756 Å². The van der Waals surface area contributed by atoms with Gasteiger partial charge >= 0.3 is 378 Å². The first-order valence-electron chi connectivity index (χ1n) is 31.5. The van der Waals surface area contributed by atoms with Crippen molar-refractivity contribution in [3.05, 3.63) is 60.7 Å². The van der Waals surface area contributed by atoms with Gasteiger partial charge in [0.15, 0.2) is 18.1 Å². The summed E-state index contributed by atoms with van der Waals surface area (Å²) in [4.78, 5) is 0. The molecular formula is C17H31O52Si55. The van der Waals surface area contributed by atoms with Crippen LogP contribution in [0.3, 0.4) is 0 Å². The SMILES string of the molecule is C[Si](C)O[SiH](C)[Si](=O)[Si](=O)[Si](=O)[Si](=O)[Si](=O)[Si](=O)[Si](=O)[Si](=O)[Si](=O)[Si](=O)[Si](=O)[Si](=O)[Si](=O)[Si](=O)[Si](=O)[Si](=O)[Si](=O)[Si](=O)[Si](=O)[Si](=O)[Si](=O)[Si](=O)[Si](=O)[Si](=O)[Si](=O)[Si](=O)[Si](=O)[Si](=O)[Si](=O)[Si](=O)[Si](=O)[Si](=O)[Si](=O)[Si](=O)[Si](=O)[SiH2]O[Si](c1ccccc1)(c1ccccc1)[Si](=O)[Si](=O)[Si](=O)[Si](=O)[Si](=O)[Si](=O)[Si](=O)[Si](=O)[Si](=O)[Si](=O)[Si](=O)[Si](=O)[Si](=O)[Si](=O)[SiH2]O[SiH](C)C. The molecule has 52 nitrogen and oxygen atoms in total. The summed E-state index contributed by atoms with van der Waals surface area (Å²) in [6.07, 6.45) is 0. The van der Waals surface area contributed by atoms with Crippen molar-refractivity contribution in [2.75, 3.05) is 0 Å². The molecule has 631 valence electrons. The van der Waals surface area contributed by atoms with Gasteiger partial charge in [0.1, 0.15) is 0 Å². The van der Waals surface area contributed by atoms with E-state index in [0.717, 1.165) is 24.3 Å². The highest BCUT2D eigenvalue weighted by Gasteiger charge is 2.63. The summed E-state index contributed by atoms with van der Waals surface area (Å²) < 4.78 is 660. The van der Waals surface area contributed by atoms with Crippen molar-refractivity contribution in [3.8, 4) is 0 Å². The van der Waals surface area contributed by atoms with E-state index in [1.54, 1.807) is 26.2 Å². The Bertz CT molecular complexity index is 5830. The predicted octanol–water partition coefficient (Wildman–Crippen LogP) is -23.9. The number of benzene rings is 2. The van der Waals surface area contributed by atoms with Crippen molar-refractivity contribution in [3.63, 3.8) is 0 Å². The van der Waals surface area contributed by atoms with E-state index in [0.29, 0.717) is 0 Å². The lowest BCUT2D eigenvalue weighted by atomic mass is 10.4. The van der Waals surface area contributed by atoms with Gasteiger partial charge in [-0.15, -0.1) is 0 Å². The molecule has 0 saturated heterocycles. The Hall–Kier alpha value is 0.449. The van der Waals surface area contributed by atoms with Crippen LogP contribution in [0.15, 0.2) is 60.7 Å². The maximum Gasteiger partial charge on any atom is 0.381 e. The summed E-state index contributed by atoms with van der Waals surface area (Å²) in [5, 5.41) is -0.485. The van der Waals surface area contributed by atoms with Gasteiger partial charge in [-0.3, -0.25) is 0 Å². The van der Waals surface area contributed by atoms with E-state index < -0.39 is 431 Å². The fourth-order valence-corrected chi connectivity index (χ4v) is 630. The minimum Gasteiger partial charge on any atom is -0.460 e. The van der Waals surface area contributed by atoms with Gasteiger partial charge in [0.25, 0.3) is 7.83 Å². The second-order valence-corrected chi connectivity index (χ2v) is 284. The van der Waals surface area contributed by atoms with E-state index >= 15 is 0 Å². The van der Waals surface area contributed by atoms with Crippen molar-refractivity contribution in [2.24, 2.45) is 0 Å². The Morgan fingerprint density at radius 3 is 0.556 bits per heavy atom. The van der Waals surface area contributed by atoms with E-state index in [2.05, 4.69) is 0 Å².